The molecule has 0 radical (unpaired) electrons. The van der Waals surface area contributed by atoms with E-state index in [1.54, 1.807) is 0 Å². The molecule has 0 spiro atoms. The van der Waals surface area contributed by atoms with Crippen LogP contribution in [0, 0.1) is 0 Å². The van der Waals surface area contributed by atoms with Crippen LogP contribution < -0.4 is 9.84 Å². The first-order valence-corrected chi connectivity index (χ1v) is 11.1. The number of hydrogen-bond donors (Lipinski definition) is 5. The Bertz CT molecular complexity index is 998. The number of carbonyl (C=O) groups excluding carboxylic acids is 1. The van der Waals surface area contributed by atoms with E-state index >= 15 is 4.39 Å². The summed E-state index contributed by atoms with van der Waals surface area (Å²) in [7, 11) is -4.31. The van der Waals surface area contributed by atoms with Crippen molar-refractivity contribution >= 4 is 25.3 Å². The fourth-order valence-corrected chi connectivity index (χ4v) is 4.73. The number of ether oxygens (including phenoxy) is 1. The van der Waals surface area contributed by atoms with E-state index in [1.807, 2.05) is 0 Å². The van der Waals surface area contributed by atoms with E-state index < -0.39 is 57.6 Å². The first-order valence-electron chi connectivity index (χ1n) is 9.23. The van der Waals surface area contributed by atoms with Gasteiger partial charge >= 0.3 is 7.82 Å². The molecule has 12 nitrogen and oxygen atoms in total. The molecule has 3 aliphatic rings. The first-order chi connectivity index (χ1) is 15.0. The van der Waals surface area contributed by atoms with Gasteiger partial charge in [-0.05, 0) is 18.2 Å². The fourth-order valence-electron chi connectivity index (χ4n) is 3.30. The van der Waals surface area contributed by atoms with Crippen LogP contribution in [-0.4, -0.2) is 75.1 Å². The summed E-state index contributed by atoms with van der Waals surface area (Å²) in [6.45, 7) is -2.08. The van der Waals surface area contributed by atoms with Crippen molar-refractivity contribution in [3.8, 4) is 5.75 Å². The zero-order valence-corrected chi connectivity index (χ0v) is 17.8. The van der Waals surface area contributed by atoms with Gasteiger partial charge in [0.2, 0.25) is 6.35 Å². The molecule has 3 heterocycles. The van der Waals surface area contributed by atoms with Crippen LogP contribution in [0.5, 0.6) is 5.75 Å². The Morgan fingerprint density at radius 2 is 2.12 bits per heavy atom. The molecule has 6 atom stereocenters. The van der Waals surface area contributed by atoms with Crippen LogP contribution in [0.3, 0.4) is 0 Å². The van der Waals surface area contributed by atoms with Crippen LogP contribution in [0.15, 0.2) is 30.0 Å². The summed E-state index contributed by atoms with van der Waals surface area (Å²) in [4.78, 5) is 12.4. The van der Waals surface area contributed by atoms with Crippen LogP contribution in [0.4, 0.5) is 4.39 Å². The highest BCUT2D eigenvalue weighted by atomic mass is 35.5. The Morgan fingerprint density at radius 1 is 1.38 bits per heavy atom. The molecule has 176 valence electrons. The van der Waals surface area contributed by atoms with Gasteiger partial charge in [-0.2, -0.15) is 0 Å². The van der Waals surface area contributed by atoms with Crippen LogP contribution in [0.25, 0.3) is 0 Å². The Kier molecular flexibility index (Phi) is 6.22. The Labute approximate surface area is 185 Å². The van der Waals surface area contributed by atoms with E-state index in [9.17, 15) is 29.8 Å². The minimum Gasteiger partial charge on any atom is -0.404 e. The van der Waals surface area contributed by atoms with E-state index in [1.165, 1.54) is 18.2 Å². The summed E-state index contributed by atoms with van der Waals surface area (Å²) >= 11 is 5.87. The standard InChI is InChI=1S/C17H19ClFN2O10P/c18-10-1-2-11-8(3-10)6-28-32(27,31-11)29-7-17(19)13(24)12(23)15(30-17)21-4-9(5-22)14(25)20-16(21)26/h1-4,12-13,15-16,22-24,26H,5-7H2,(H,20,25)/t12-,13+,15-,16?,17-,32?/m1/s1. The number of nitrogens with zero attached hydrogens (tertiary/aromatic N) is 1. The zero-order valence-electron chi connectivity index (χ0n) is 16.1. The van der Waals surface area contributed by atoms with Gasteiger partial charge in [0.05, 0.1) is 18.8 Å². The minimum atomic E-state index is -4.31. The molecule has 1 aromatic carbocycles. The third-order valence-corrected chi connectivity index (χ3v) is 6.55. The lowest BCUT2D eigenvalue weighted by Crippen LogP contribution is -2.56. The second-order valence-corrected chi connectivity index (χ2v) is 9.20. The van der Waals surface area contributed by atoms with Crippen molar-refractivity contribution in [3.05, 3.63) is 40.6 Å². The lowest BCUT2D eigenvalue weighted by molar-refractivity contribution is -0.225. The fraction of sp³-hybridized carbons (Fsp3) is 0.471. The number of hydrogen-bond acceptors (Lipinski definition) is 11. The SMILES string of the molecule is O=C1NC(O)N([C@@H]2O[C@](F)(COP3(=O)OCc4cc(Cl)ccc4O3)[C@@H](O)[C@H]2O)C=C1CO. The second kappa shape index (κ2) is 8.52. The van der Waals surface area contributed by atoms with E-state index in [2.05, 4.69) is 5.32 Å². The van der Waals surface area contributed by atoms with Gasteiger partial charge in [-0.15, -0.1) is 0 Å². The number of fused-ring (bicyclic) bond motifs is 1. The summed E-state index contributed by atoms with van der Waals surface area (Å²) in [5.41, 5.74) is 0.281. The quantitative estimate of drug-likeness (QED) is 0.339. The third kappa shape index (κ3) is 4.23. The Morgan fingerprint density at radius 3 is 2.84 bits per heavy atom. The van der Waals surface area contributed by atoms with Crippen molar-refractivity contribution in [2.24, 2.45) is 0 Å². The second-order valence-electron chi connectivity index (χ2n) is 7.17. The first kappa shape index (κ1) is 23.4. The van der Waals surface area contributed by atoms with Crippen LogP contribution in [0.1, 0.15) is 5.56 Å². The maximum atomic E-state index is 15.3. The predicted molar refractivity (Wildman–Crippen MR) is 102 cm³/mol. The van der Waals surface area contributed by atoms with E-state index in [4.69, 9.17) is 29.9 Å². The maximum Gasteiger partial charge on any atom is 0.530 e. The molecule has 1 saturated heterocycles. The largest absolute Gasteiger partial charge is 0.530 e. The van der Waals surface area contributed by atoms with Crippen LogP contribution in [-0.2, 0) is 29.8 Å². The molecule has 4 rings (SSSR count). The highest BCUT2D eigenvalue weighted by molar-refractivity contribution is 7.49. The number of phosphoric acid groups is 1. The Hall–Kier alpha value is -1.80. The molecule has 0 bridgehead atoms. The number of amides is 1. The minimum absolute atomic E-state index is 0.150. The number of nitrogens with one attached hydrogen (secondary N) is 1. The van der Waals surface area contributed by atoms with Gasteiger partial charge in [0, 0.05) is 16.8 Å². The van der Waals surface area contributed by atoms with Crippen LogP contribution >= 0.6 is 19.4 Å². The van der Waals surface area contributed by atoms with Crippen molar-refractivity contribution < 1.29 is 52.5 Å². The topological polar surface area (TPSA) is 167 Å². The molecule has 5 N–H and O–H groups in total. The summed E-state index contributed by atoms with van der Waals surface area (Å²) in [6, 6.07) is 4.44. The summed E-state index contributed by atoms with van der Waals surface area (Å²) < 4.78 is 48.4. The average Bonchev–Trinajstić information content (AvgIpc) is 2.97. The summed E-state index contributed by atoms with van der Waals surface area (Å²) in [6.07, 6.45) is -6.63. The maximum absolute atomic E-state index is 15.3. The summed E-state index contributed by atoms with van der Waals surface area (Å²) in [5, 5.41) is 42.2. The molecular formula is C17H19ClFN2O10P. The molecule has 15 heteroatoms. The molecule has 0 aromatic heterocycles. The number of aliphatic hydroxyl groups is 4. The molecule has 0 saturated carbocycles. The van der Waals surface area contributed by atoms with Gasteiger partial charge in [-0.3, -0.25) is 13.8 Å². The van der Waals surface area contributed by atoms with Gasteiger partial charge in [0.1, 0.15) is 24.6 Å². The van der Waals surface area contributed by atoms with Crippen molar-refractivity contribution in [1.29, 1.82) is 0 Å². The molecule has 2 unspecified atom stereocenters. The molecular weight excluding hydrogens is 478 g/mol. The number of alkyl halides is 1. The Balaban J connectivity index is 1.47. The zero-order chi connectivity index (χ0) is 23.3. The van der Waals surface area contributed by atoms with Gasteiger partial charge < -0.3 is 39.9 Å². The predicted octanol–water partition coefficient (Wildman–Crippen LogP) is -0.299. The molecule has 3 aliphatic heterocycles. The number of benzene rings is 1. The normalized spacial score (nSPS) is 36.9. The van der Waals surface area contributed by atoms with Gasteiger partial charge in [-0.25, -0.2) is 8.96 Å². The molecule has 0 aliphatic carbocycles. The highest BCUT2D eigenvalue weighted by Crippen LogP contribution is 2.55. The van der Waals surface area contributed by atoms with E-state index in [0.717, 1.165) is 11.1 Å². The van der Waals surface area contributed by atoms with Crippen molar-refractivity contribution in [2.75, 3.05) is 13.2 Å². The number of rotatable bonds is 5. The molecule has 1 aromatic rings. The smallest absolute Gasteiger partial charge is 0.404 e. The van der Waals surface area contributed by atoms with Gasteiger partial charge in [0.25, 0.3) is 11.8 Å². The molecule has 1 fully saturated rings. The van der Waals surface area contributed by atoms with Gasteiger partial charge in [-0.1, -0.05) is 11.6 Å². The van der Waals surface area contributed by atoms with Gasteiger partial charge in [0.15, 0.2) is 6.23 Å². The molecule has 32 heavy (non-hydrogen) atoms. The van der Waals surface area contributed by atoms with Crippen LogP contribution in [0.2, 0.25) is 5.02 Å². The van der Waals surface area contributed by atoms with Crippen molar-refractivity contribution in [2.45, 2.75) is 37.2 Å². The number of halogens is 2. The lowest BCUT2D eigenvalue weighted by atomic mass is 10.1. The number of phosphoric ester groups is 1. The van der Waals surface area contributed by atoms with E-state index in [-0.39, 0.29) is 17.9 Å². The lowest BCUT2D eigenvalue weighted by Gasteiger charge is -2.36. The van der Waals surface area contributed by atoms with Crippen molar-refractivity contribution in [3.63, 3.8) is 0 Å². The summed E-state index contributed by atoms with van der Waals surface area (Å²) in [5.74, 6) is -3.73. The molecule has 1 amide bonds. The van der Waals surface area contributed by atoms with Crippen molar-refractivity contribution in [1.82, 2.24) is 10.2 Å². The average molecular weight is 497 g/mol. The monoisotopic (exact) mass is 496 g/mol. The third-order valence-electron chi connectivity index (χ3n) is 5.01. The highest BCUT2D eigenvalue weighted by Gasteiger charge is 2.59. The number of carbonyl (C=O) groups is 1. The number of aliphatic hydroxyl groups excluding tert-OH is 4. The van der Waals surface area contributed by atoms with E-state index in [0.29, 0.717) is 10.6 Å².